The summed E-state index contributed by atoms with van der Waals surface area (Å²) in [7, 11) is 0. The number of aromatic nitrogens is 4. The van der Waals surface area contributed by atoms with E-state index in [0.717, 1.165) is 17.0 Å². The van der Waals surface area contributed by atoms with Gasteiger partial charge in [0, 0.05) is 28.0 Å². The van der Waals surface area contributed by atoms with Crippen molar-refractivity contribution >= 4 is 29.2 Å². The van der Waals surface area contributed by atoms with Gasteiger partial charge in [-0.1, -0.05) is 0 Å². The molecule has 0 bridgehead atoms. The molecular formula is C25H23F3N6O2S. The summed E-state index contributed by atoms with van der Waals surface area (Å²) in [5, 5.41) is 9.77. The van der Waals surface area contributed by atoms with Crippen molar-refractivity contribution in [3.63, 3.8) is 0 Å². The average Bonchev–Trinajstić information content (AvgIpc) is 3.07. The Kier molecular flexibility index (Phi) is 7.39. The zero-order valence-electron chi connectivity index (χ0n) is 20.3. The number of alkyl halides is 3. The van der Waals surface area contributed by atoms with Crippen LogP contribution in [0.2, 0.25) is 0 Å². The number of hydrogen-bond acceptors (Lipinski definition) is 6. The predicted octanol–water partition coefficient (Wildman–Crippen LogP) is 6.94. The third kappa shape index (κ3) is 6.79. The van der Waals surface area contributed by atoms with Gasteiger partial charge in [0.05, 0.1) is 5.69 Å². The number of aryl methyl sites for hydroxylation is 2. The summed E-state index contributed by atoms with van der Waals surface area (Å²) < 4.78 is 45.0. The SMILES string of the molecule is Cc1nc(Oc2ccc(NC(=O)Nc3ccc(SC(F)(F)F)cc3)cc2)cc(-n2nc(C)c(C)c2C)n1. The monoisotopic (exact) mass is 528 g/mol. The summed E-state index contributed by atoms with van der Waals surface area (Å²) in [5.74, 6) is 1.96. The Morgan fingerprint density at radius 3 is 2.05 bits per heavy atom. The molecule has 0 radical (unpaired) electrons. The largest absolute Gasteiger partial charge is 0.446 e. The van der Waals surface area contributed by atoms with E-state index in [1.165, 1.54) is 24.3 Å². The van der Waals surface area contributed by atoms with Gasteiger partial charge < -0.3 is 15.4 Å². The average molecular weight is 529 g/mol. The fourth-order valence-corrected chi connectivity index (χ4v) is 3.93. The van der Waals surface area contributed by atoms with Crippen molar-refractivity contribution in [1.29, 1.82) is 0 Å². The third-order valence-electron chi connectivity index (χ3n) is 5.35. The van der Waals surface area contributed by atoms with Gasteiger partial charge in [0.1, 0.15) is 11.6 Å². The molecule has 4 rings (SSSR count). The number of nitrogens with one attached hydrogen (secondary N) is 2. The quantitative estimate of drug-likeness (QED) is 0.263. The highest BCUT2D eigenvalue weighted by molar-refractivity contribution is 8.00. The molecule has 0 aliphatic heterocycles. The molecule has 0 unspecified atom stereocenters. The summed E-state index contributed by atoms with van der Waals surface area (Å²) >= 11 is -0.217. The van der Waals surface area contributed by atoms with Gasteiger partial charge >= 0.3 is 11.5 Å². The number of thioether (sulfide) groups is 1. The van der Waals surface area contributed by atoms with Gasteiger partial charge in [-0.25, -0.2) is 14.5 Å². The Balaban J connectivity index is 1.38. The first-order valence-electron chi connectivity index (χ1n) is 11.1. The number of urea groups is 1. The lowest BCUT2D eigenvalue weighted by molar-refractivity contribution is -0.0328. The molecule has 0 saturated heterocycles. The minimum absolute atomic E-state index is 0.0324. The summed E-state index contributed by atoms with van der Waals surface area (Å²) in [4.78, 5) is 21.1. The molecule has 0 spiro atoms. The van der Waals surface area contributed by atoms with E-state index in [-0.39, 0.29) is 16.7 Å². The maximum Gasteiger partial charge on any atom is 0.446 e. The fraction of sp³-hybridized carbons (Fsp3) is 0.200. The number of amides is 2. The maximum atomic E-state index is 12.4. The van der Waals surface area contributed by atoms with Gasteiger partial charge in [0.2, 0.25) is 5.88 Å². The van der Waals surface area contributed by atoms with E-state index in [9.17, 15) is 18.0 Å². The zero-order chi connectivity index (χ0) is 26.7. The molecule has 2 N–H and O–H groups in total. The van der Waals surface area contributed by atoms with Crippen LogP contribution in [0.3, 0.4) is 0 Å². The van der Waals surface area contributed by atoms with Crippen molar-refractivity contribution in [3.8, 4) is 17.4 Å². The second kappa shape index (κ2) is 10.5. The summed E-state index contributed by atoms with van der Waals surface area (Å²) in [6.07, 6.45) is 0. The lowest BCUT2D eigenvalue weighted by Crippen LogP contribution is -2.19. The van der Waals surface area contributed by atoms with Crippen molar-refractivity contribution in [2.24, 2.45) is 0 Å². The lowest BCUT2D eigenvalue weighted by atomic mass is 10.2. The molecule has 37 heavy (non-hydrogen) atoms. The molecule has 0 aliphatic carbocycles. The van der Waals surface area contributed by atoms with Crippen LogP contribution in [0, 0.1) is 27.7 Å². The van der Waals surface area contributed by atoms with Crippen molar-refractivity contribution < 1.29 is 22.7 Å². The first-order chi connectivity index (χ1) is 17.5. The van der Waals surface area contributed by atoms with Crippen molar-refractivity contribution in [2.45, 2.75) is 38.1 Å². The van der Waals surface area contributed by atoms with Gasteiger partial charge in [0.15, 0.2) is 5.82 Å². The zero-order valence-corrected chi connectivity index (χ0v) is 21.2. The molecule has 8 nitrogen and oxygen atoms in total. The molecule has 2 amide bonds. The van der Waals surface area contributed by atoms with E-state index in [4.69, 9.17) is 4.74 Å². The standard InChI is InChI=1S/C25H23F3N6O2S/c1-14-15(2)33-34(16(14)3)22-13-23(30-17(4)29-22)36-20-9-5-18(6-10-20)31-24(35)32-19-7-11-21(12-8-19)37-25(26,27)28/h5-13H,1-4H3,(H2,31,32,35). The molecule has 0 saturated carbocycles. The lowest BCUT2D eigenvalue weighted by Gasteiger charge is -2.11. The molecule has 192 valence electrons. The molecular weight excluding hydrogens is 505 g/mol. The second-order valence-electron chi connectivity index (χ2n) is 8.10. The minimum atomic E-state index is -4.37. The molecule has 0 fully saturated rings. The number of benzene rings is 2. The molecule has 2 aromatic carbocycles. The Morgan fingerprint density at radius 2 is 1.51 bits per heavy atom. The number of carbonyl (C=O) groups excluding carboxylic acids is 1. The molecule has 4 aromatic rings. The normalized spacial score (nSPS) is 11.3. The number of anilines is 2. The van der Waals surface area contributed by atoms with Crippen LogP contribution in [0.15, 0.2) is 59.5 Å². The van der Waals surface area contributed by atoms with Crippen LogP contribution < -0.4 is 15.4 Å². The number of ether oxygens (including phenoxy) is 1. The Bertz CT molecular complexity index is 1420. The first kappa shape index (κ1) is 26.0. The number of hydrogen-bond donors (Lipinski definition) is 2. The van der Waals surface area contributed by atoms with E-state index in [0.29, 0.717) is 34.6 Å². The van der Waals surface area contributed by atoms with Crippen LogP contribution in [0.25, 0.3) is 5.82 Å². The van der Waals surface area contributed by atoms with Crippen LogP contribution >= 0.6 is 11.8 Å². The van der Waals surface area contributed by atoms with E-state index < -0.39 is 11.5 Å². The van der Waals surface area contributed by atoms with Gasteiger partial charge in [-0.15, -0.1) is 0 Å². The number of rotatable bonds is 6. The number of carbonyl (C=O) groups is 1. The molecule has 0 aliphatic rings. The Hall–Kier alpha value is -4.06. The summed E-state index contributed by atoms with van der Waals surface area (Å²) in [6.45, 7) is 7.68. The maximum absolute atomic E-state index is 12.4. The molecule has 2 aromatic heterocycles. The van der Waals surface area contributed by atoms with E-state index in [2.05, 4.69) is 25.7 Å². The van der Waals surface area contributed by atoms with Crippen LogP contribution in [0.1, 0.15) is 22.8 Å². The van der Waals surface area contributed by atoms with Crippen LogP contribution in [-0.2, 0) is 0 Å². The van der Waals surface area contributed by atoms with Crippen LogP contribution in [0.5, 0.6) is 11.6 Å². The highest BCUT2D eigenvalue weighted by atomic mass is 32.2. The number of halogens is 3. The summed E-state index contributed by atoms with van der Waals surface area (Å²) in [5.41, 5.74) is -0.535. The fourth-order valence-electron chi connectivity index (χ4n) is 3.39. The van der Waals surface area contributed by atoms with Crippen molar-refractivity contribution in [3.05, 3.63) is 77.4 Å². The smallest absolute Gasteiger partial charge is 0.439 e. The summed E-state index contributed by atoms with van der Waals surface area (Å²) in [6, 6.07) is 13.2. The highest BCUT2D eigenvalue weighted by Gasteiger charge is 2.29. The van der Waals surface area contributed by atoms with Gasteiger partial charge in [-0.05, 0) is 93.6 Å². The van der Waals surface area contributed by atoms with E-state index in [1.807, 2.05) is 20.8 Å². The Morgan fingerprint density at radius 1 is 0.919 bits per heavy atom. The third-order valence-corrected chi connectivity index (χ3v) is 6.09. The van der Waals surface area contributed by atoms with Crippen molar-refractivity contribution in [1.82, 2.24) is 19.7 Å². The highest BCUT2D eigenvalue weighted by Crippen LogP contribution is 2.37. The Labute approximate surface area is 215 Å². The minimum Gasteiger partial charge on any atom is -0.439 e. The first-order valence-corrected chi connectivity index (χ1v) is 11.9. The molecule has 0 atom stereocenters. The molecule has 2 heterocycles. The second-order valence-corrected chi connectivity index (χ2v) is 9.24. The van der Waals surface area contributed by atoms with Gasteiger partial charge in [0.25, 0.3) is 0 Å². The number of nitrogens with zero attached hydrogens (tertiary/aromatic N) is 4. The van der Waals surface area contributed by atoms with E-state index in [1.54, 1.807) is 41.9 Å². The van der Waals surface area contributed by atoms with Gasteiger partial charge in [-0.3, -0.25) is 0 Å². The molecule has 12 heteroatoms. The van der Waals surface area contributed by atoms with Crippen LogP contribution in [-0.4, -0.2) is 31.3 Å². The van der Waals surface area contributed by atoms with Gasteiger partial charge in [-0.2, -0.15) is 23.3 Å². The van der Waals surface area contributed by atoms with Crippen molar-refractivity contribution in [2.75, 3.05) is 10.6 Å². The topological polar surface area (TPSA) is 94.0 Å². The predicted molar refractivity (Wildman–Crippen MR) is 136 cm³/mol. The van der Waals surface area contributed by atoms with E-state index >= 15 is 0 Å². The van der Waals surface area contributed by atoms with Crippen LogP contribution in [0.4, 0.5) is 29.3 Å².